The Morgan fingerprint density at radius 2 is 1.74 bits per heavy atom. The first-order chi connectivity index (χ1) is 19.8. The lowest BCUT2D eigenvalue weighted by Gasteiger charge is -2.38. The van der Waals surface area contributed by atoms with Gasteiger partial charge in [0.05, 0.1) is 6.54 Å². The van der Waals surface area contributed by atoms with Crippen LogP contribution in [0.1, 0.15) is 30.0 Å². The second kappa shape index (κ2) is 14.4. The maximum absolute atomic E-state index is 14.5. The van der Waals surface area contributed by atoms with Crippen LogP contribution in [-0.4, -0.2) is 72.6 Å². The minimum atomic E-state index is -4.92. The van der Waals surface area contributed by atoms with Gasteiger partial charge in [-0.3, -0.25) is 20.5 Å². The van der Waals surface area contributed by atoms with Crippen LogP contribution in [0.15, 0.2) is 42.5 Å². The van der Waals surface area contributed by atoms with Crippen molar-refractivity contribution in [2.75, 3.05) is 32.7 Å². The van der Waals surface area contributed by atoms with E-state index in [0.29, 0.717) is 29.2 Å². The van der Waals surface area contributed by atoms with Crippen molar-refractivity contribution in [1.82, 2.24) is 15.1 Å². The maximum atomic E-state index is 14.5. The van der Waals surface area contributed by atoms with E-state index >= 15 is 0 Å². The maximum Gasteiger partial charge on any atom is 0.449 e. The third-order valence-corrected chi connectivity index (χ3v) is 7.22. The summed E-state index contributed by atoms with van der Waals surface area (Å²) in [6, 6.07) is 9.11. The number of amidine groups is 2. The number of nitrogens with one attached hydrogen (secondary N) is 3. The van der Waals surface area contributed by atoms with Crippen molar-refractivity contribution < 1.29 is 35.9 Å². The number of hydrogen-bond acceptors (Lipinski definition) is 6. The Balaban J connectivity index is 1.72. The number of aldehydes is 1. The Morgan fingerprint density at radius 3 is 2.33 bits per heavy atom. The van der Waals surface area contributed by atoms with Crippen LogP contribution in [0, 0.1) is 40.1 Å². The summed E-state index contributed by atoms with van der Waals surface area (Å²) in [6.07, 6.45) is -3.77. The lowest BCUT2D eigenvalue weighted by Crippen LogP contribution is -2.56. The summed E-state index contributed by atoms with van der Waals surface area (Å²) in [6.45, 7) is -0.239. The number of nitrogens with zero attached hydrogens (tertiary/aromatic N) is 2. The van der Waals surface area contributed by atoms with Crippen LogP contribution in [0.25, 0.3) is 0 Å². The fraction of sp³-hybridized carbons (Fsp3) is 0.429. The third kappa shape index (κ3) is 8.61. The van der Waals surface area contributed by atoms with Gasteiger partial charge in [-0.1, -0.05) is 30.3 Å². The van der Waals surface area contributed by atoms with Crippen molar-refractivity contribution >= 4 is 23.9 Å². The van der Waals surface area contributed by atoms with Crippen LogP contribution in [0.3, 0.4) is 0 Å². The minimum absolute atomic E-state index is 0.0103. The summed E-state index contributed by atoms with van der Waals surface area (Å²) >= 11 is 0. The molecule has 228 valence electrons. The monoisotopic (exact) mass is 598 g/mol. The topological polar surface area (TPSA) is 126 Å². The molecule has 8 nitrogen and oxygen atoms in total. The van der Waals surface area contributed by atoms with E-state index in [1.54, 1.807) is 35.2 Å². The molecule has 2 aromatic carbocycles. The van der Waals surface area contributed by atoms with Gasteiger partial charge in [0, 0.05) is 31.6 Å². The molecule has 0 bridgehead atoms. The zero-order chi connectivity index (χ0) is 31.0. The van der Waals surface area contributed by atoms with Gasteiger partial charge in [0.25, 0.3) is 0 Å². The smallest absolute Gasteiger partial charge is 0.368 e. The number of piperazine rings is 1. The highest BCUT2D eigenvalue weighted by atomic mass is 19.4. The normalized spacial score (nSPS) is 16.6. The average Bonchev–Trinajstić information content (AvgIpc) is 2.93. The molecule has 3 atom stereocenters. The first kappa shape index (κ1) is 32.7. The van der Waals surface area contributed by atoms with Crippen molar-refractivity contribution in [2.45, 2.75) is 31.5 Å². The molecule has 0 radical (unpaired) electrons. The van der Waals surface area contributed by atoms with Gasteiger partial charge in [0.15, 0.2) is 11.6 Å². The van der Waals surface area contributed by atoms with Crippen LogP contribution in [0.2, 0.25) is 0 Å². The number of halogens is 6. The fourth-order valence-electron chi connectivity index (χ4n) is 5.02. The van der Waals surface area contributed by atoms with Gasteiger partial charge in [-0.05, 0) is 48.9 Å². The van der Waals surface area contributed by atoms with E-state index in [1.165, 1.54) is 0 Å². The van der Waals surface area contributed by atoms with E-state index in [2.05, 4.69) is 5.32 Å². The molecular weight excluding hydrogens is 566 g/mol. The van der Waals surface area contributed by atoms with E-state index in [1.807, 2.05) is 0 Å². The second-order valence-corrected chi connectivity index (χ2v) is 10.1. The van der Waals surface area contributed by atoms with Gasteiger partial charge in [0.2, 0.25) is 11.7 Å². The van der Waals surface area contributed by atoms with E-state index < -0.39 is 59.1 Å². The highest BCUT2D eigenvalue weighted by molar-refractivity contribution is 6.01. The van der Waals surface area contributed by atoms with E-state index in [-0.39, 0.29) is 51.1 Å². The molecule has 2 aromatic rings. The van der Waals surface area contributed by atoms with Crippen LogP contribution in [0.4, 0.5) is 26.3 Å². The molecule has 1 heterocycles. The molecule has 14 heteroatoms. The molecule has 0 aromatic heterocycles. The minimum Gasteiger partial charge on any atom is -0.368 e. The highest BCUT2D eigenvalue weighted by Crippen LogP contribution is 2.27. The van der Waals surface area contributed by atoms with E-state index in [0.717, 1.165) is 6.07 Å². The quantitative estimate of drug-likeness (QED) is 0.0697. The molecule has 42 heavy (non-hydrogen) atoms. The molecule has 3 rings (SSSR count). The molecule has 0 spiro atoms. The number of benzene rings is 2. The van der Waals surface area contributed by atoms with Gasteiger partial charge >= 0.3 is 6.18 Å². The summed E-state index contributed by atoms with van der Waals surface area (Å²) in [5.41, 5.74) is 6.04. The Morgan fingerprint density at radius 1 is 1.07 bits per heavy atom. The van der Waals surface area contributed by atoms with Crippen LogP contribution >= 0.6 is 0 Å². The molecule has 1 aliphatic heterocycles. The first-order valence-electron chi connectivity index (χ1n) is 13.2. The third-order valence-electron chi connectivity index (χ3n) is 7.22. The Hall–Kier alpha value is -3.78. The zero-order valence-electron chi connectivity index (χ0n) is 22.6. The van der Waals surface area contributed by atoms with Gasteiger partial charge < -0.3 is 20.7 Å². The van der Waals surface area contributed by atoms with Crippen molar-refractivity contribution in [3.63, 3.8) is 0 Å². The average molecular weight is 599 g/mol. The summed E-state index contributed by atoms with van der Waals surface area (Å²) < 4.78 is 80.9. The summed E-state index contributed by atoms with van der Waals surface area (Å²) in [5.74, 6) is -7.72. The highest BCUT2D eigenvalue weighted by Gasteiger charge is 2.41. The number of rotatable bonds is 13. The zero-order valence-corrected chi connectivity index (χ0v) is 22.6. The molecule has 0 saturated carbocycles. The predicted octanol–water partition coefficient (Wildman–Crippen LogP) is 3.81. The molecule has 1 saturated heterocycles. The SMILES string of the molecule is N=C1CN(CC(C=O)C(CCCNC(C(N)=O)c2ccccc2)Cc2cc(F)c(F)cc2F)CCN1C(=N)C(F)(F)F. The Labute approximate surface area is 238 Å². The van der Waals surface area contributed by atoms with Gasteiger partial charge in [0.1, 0.15) is 24.0 Å². The molecule has 1 amide bonds. The number of primary amides is 1. The molecule has 5 N–H and O–H groups in total. The number of carbonyl (C=O) groups excluding carboxylic acids is 2. The van der Waals surface area contributed by atoms with Crippen LogP contribution < -0.4 is 11.1 Å². The van der Waals surface area contributed by atoms with E-state index in [9.17, 15) is 35.9 Å². The van der Waals surface area contributed by atoms with Crippen LogP contribution in [-0.2, 0) is 16.0 Å². The lowest BCUT2D eigenvalue weighted by atomic mass is 9.83. The van der Waals surface area contributed by atoms with Crippen molar-refractivity contribution in [1.29, 1.82) is 10.8 Å². The molecule has 0 aliphatic carbocycles. The first-order valence-corrected chi connectivity index (χ1v) is 13.2. The van der Waals surface area contributed by atoms with Crippen molar-refractivity contribution in [3.8, 4) is 0 Å². The number of hydrogen-bond donors (Lipinski definition) is 4. The second-order valence-electron chi connectivity index (χ2n) is 10.1. The number of alkyl halides is 3. The number of nitrogens with two attached hydrogens (primary N) is 1. The molecule has 3 unspecified atom stereocenters. The molecule has 1 fully saturated rings. The largest absolute Gasteiger partial charge is 0.449 e. The van der Waals surface area contributed by atoms with Gasteiger partial charge in [-0.15, -0.1) is 0 Å². The Bertz CT molecular complexity index is 1280. The van der Waals surface area contributed by atoms with Gasteiger partial charge in [-0.2, -0.15) is 13.2 Å². The summed E-state index contributed by atoms with van der Waals surface area (Å²) in [7, 11) is 0. The van der Waals surface area contributed by atoms with E-state index in [4.69, 9.17) is 16.6 Å². The Kier molecular flexibility index (Phi) is 11.2. The summed E-state index contributed by atoms with van der Waals surface area (Å²) in [4.78, 5) is 26.4. The van der Waals surface area contributed by atoms with Crippen molar-refractivity contribution in [2.24, 2.45) is 17.6 Å². The molecular formula is C28H32F6N6O2. The number of amides is 1. The van der Waals surface area contributed by atoms with Crippen molar-refractivity contribution in [3.05, 3.63) is 71.0 Å². The standard InChI is InChI=1S/C28H32F6N6O2/c29-21-13-23(31)22(30)12-19(21)11-18(7-4-8-38-25(26(36)42)17-5-2-1-3-6-17)20(16-41)14-39-9-10-40(24(35)15-39)27(37)28(32,33)34/h1-3,5-6,12-13,16,18,20,25,35,37-38H,4,7-11,14-15H2,(H2,36,42). The fourth-order valence-corrected chi connectivity index (χ4v) is 5.02. The lowest BCUT2D eigenvalue weighted by molar-refractivity contribution is -0.120. The van der Waals surface area contributed by atoms with Crippen LogP contribution in [0.5, 0.6) is 0 Å². The summed E-state index contributed by atoms with van der Waals surface area (Å²) in [5, 5.41) is 18.4. The van der Waals surface area contributed by atoms with Gasteiger partial charge in [-0.25, -0.2) is 13.2 Å². The molecule has 1 aliphatic rings. The predicted molar refractivity (Wildman–Crippen MR) is 143 cm³/mol. The number of carbonyl (C=O) groups is 2.